The lowest BCUT2D eigenvalue weighted by molar-refractivity contribution is 0.112. The molecule has 0 unspecified atom stereocenters. The van der Waals surface area contributed by atoms with Gasteiger partial charge in [0, 0.05) is 23.6 Å². The SMILES string of the molecule is CSNc1ccc(Oc2ccc(C=O)c(C)n2)c(Cl)c1. The van der Waals surface area contributed by atoms with Crippen molar-refractivity contribution in [1.29, 1.82) is 0 Å². The zero-order chi connectivity index (χ0) is 14.5. The molecule has 1 N–H and O–H groups in total. The molecule has 0 saturated carbocycles. The molecular weight excluding hydrogens is 296 g/mol. The van der Waals surface area contributed by atoms with Gasteiger partial charge in [0.1, 0.15) is 5.75 Å². The van der Waals surface area contributed by atoms with Crippen LogP contribution in [0.2, 0.25) is 5.02 Å². The minimum atomic E-state index is 0.403. The summed E-state index contributed by atoms with van der Waals surface area (Å²) in [5, 5.41) is 0.489. The van der Waals surface area contributed by atoms with E-state index in [1.54, 1.807) is 31.2 Å². The predicted molar refractivity (Wildman–Crippen MR) is 83.0 cm³/mol. The van der Waals surface area contributed by atoms with Gasteiger partial charge in [0.25, 0.3) is 0 Å². The Bertz CT molecular complexity index is 635. The summed E-state index contributed by atoms with van der Waals surface area (Å²) < 4.78 is 8.71. The average Bonchev–Trinajstić information content (AvgIpc) is 2.42. The fourth-order valence-electron chi connectivity index (χ4n) is 1.61. The summed E-state index contributed by atoms with van der Waals surface area (Å²) in [7, 11) is 0. The summed E-state index contributed by atoms with van der Waals surface area (Å²) >= 11 is 7.64. The number of ether oxygens (including phenoxy) is 1. The second-order valence-electron chi connectivity index (χ2n) is 4.00. The van der Waals surface area contributed by atoms with Gasteiger partial charge in [-0.2, -0.15) is 0 Å². The molecule has 1 aromatic carbocycles. The van der Waals surface area contributed by atoms with E-state index in [9.17, 15) is 4.79 Å². The molecule has 0 fully saturated rings. The third-order valence-electron chi connectivity index (χ3n) is 2.59. The van der Waals surface area contributed by atoms with Crippen LogP contribution in [-0.4, -0.2) is 17.5 Å². The van der Waals surface area contributed by atoms with Crippen LogP contribution < -0.4 is 9.46 Å². The Balaban J connectivity index is 2.21. The minimum absolute atomic E-state index is 0.403. The maximum Gasteiger partial charge on any atom is 0.219 e. The Morgan fingerprint density at radius 2 is 2.15 bits per heavy atom. The van der Waals surface area contributed by atoms with Crippen molar-refractivity contribution in [2.24, 2.45) is 0 Å². The molecule has 104 valence electrons. The van der Waals surface area contributed by atoms with E-state index >= 15 is 0 Å². The third kappa shape index (κ3) is 3.43. The van der Waals surface area contributed by atoms with Crippen molar-refractivity contribution in [2.45, 2.75) is 6.92 Å². The van der Waals surface area contributed by atoms with Crippen molar-refractivity contribution < 1.29 is 9.53 Å². The monoisotopic (exact) mass is 308 g/mol. The Morgan fingerprint density at radius 3 is 2.75 bits per heavy atom. The zero-order valence-electron chi connectivity index (χ0n) is 11.0. The highest BCUT2D eigenvalue weighted by Gasteiger charge is 2.07. The highest BCUT2D eigenvalue weighted by atomic mass is 35.5. The molecule has 0 spiro atoms. The first-order valence-corrected chi connectivity index (χ1v) is 7.43. The van der Waals surface area contributed by atoms with Gasteiger partial charge in [-0.05, 0) is 31.2 Å². The lowest BCUT2D eigenvalue weighted by Gasteiger charge is -2.09. The van der Waals surface area contributed by atoms with E-state index in [0.29, 0.717) is 27.9 Å². The molecule has 0 aliphatic rings. The molecule has 0 amide bonds. The van der Waals surface area contributed by atoms with Crippen LogP contribution in [0.25, 0.3) is 0 Å². The van der Waals surface area contributed by atoms with E-state index < -0.39 is 0 Å². The smallest absolute Gasteiger partial charge is 0.219 e. The molecule has 2 rings (SSSR count). The number of rotatable bonds is 5. The number of aryl methyl sites for hydroxylation is 1. The standard InChI is InChI=1S/C14H13ClN2O2S/c1-9-10(8-18)3-6-14(16-9)19-13-5-4-11(17-20-2)7-12(13)15/h3-8,17H,1-2H3. The summed E-state index contributed by atoms with van der Waals surface area (Å²) in [6.45, 7) is 1.75. The average molecular weight is 309 g/mol. The van der Waals surface area contributed by atoms with E-state index in [0.717, 1.165) is 12.0 Å². The number of aromatic nitrogens is 1. The normalized spacial score (nSPS) is 10.2. The summed E-state index contributed by atoms with van der Waals surface area (Å²) in [5.74, 6) is 0.921. The quantitative estimate of drug-likeness (QED) is 0.658. The van der Waals surface area contributed by atoms with Crippen LogP contribution in [0.3, 0.4) is 0 Å². The molecule has 0 bridgehead atoms. The number of halogens is 1. The first-order chi connectivity index (χ1) is 9.63. The van der Waals surface area contributed by atoms with Gasteiger partial charge < -0.3 is 9.46 Å². The Kier molecular flexibility index (Phi) is 4.87. The van der Waals surface area contributed by atoms with Crippen LogP contribution in [0.5, 0.6) is 11.6 Å². The number of anilines is 1. The fraction of sp³-hybridized carbons (Fsp3) is 0.143. The van der Waals surface area contributed by atoms with Crippen LogP contribution in [0, 0.1) is 6.92 Å². The topological polar surface area (TPSA) is 51.2 Å². The summed E-state index contributed by atoms with van der Waals surface area (Å²) in [6.07, 6.45) is 2.70. The molecule has 1 heterocycles. The number of aldehydes is 1. The van der Waals surface area contributed by atoms with Crippen molar-refractivity contribution in [3.63, 3.8) is 0 Å². The Morgan fingerprint density at radius 1 is 1.35 bits per heavy atom. The molecule has 0 radical (unpaired) electrons. The van der Waals surface area contributed by atoms with E-state index in [1.165, 1.54) is 11.9 Å². The number of benzene rings is 1. The lowest BCUT2D eigenvalue weighted by Crippen LogP contribution is -1.95. The van der Waals surface area contributed by atoms with Crippen LogP contribution >= 0.6 is 23.5 Å². The Labute approximate surface area is 126 Å². The number of nitrogens with one attached hydrogen (secondary N) is 1. The summed E-state index contributed by atoms with van der Waals surface area (Å²) in [5.41, 5.74) is 2.06. The molecule has 0 aliphatic carbocycles. The number of carbonyl (C=O) groups excluding carboxylic acids is 1. The minimum Gasteiger partial charge on any atom is -0.437 e. The highest BCUT2D eigenvalue weighted by Crippen LogP contribution is 2.31. The lowest BCUT2D eigenvalue weighted by atomic mass is 10.2. The van der Waals surface area contributed by atoms with Gasteiger partial charge in [0.2, 0.25) is 5.88 Å². The highest BCUT2D eigenvalue weighted by molar-refractivity contribution is 7.99. The molecule has 4 nitrogen and oxygen atoms in total. The van der Waals surface area contributed by atoms with Crippen LogP contribution in [0.15, 0.2) is 30.3 Å². The number of nitrogens with zero attached hydrogens (tertiary/aromatic N) is 1. The van der Waals surface area contributed by atoms with E-state index in [4.69, 9.17) is 16.3 Å². The van der Waals surface area contributed by atoms with E-state index in [1.807, 2.05) is 12.3 Å². The summed E-state index contributed by atoms with van der Waals surface area (Å²) in [6, 6.07) is 8.72. The largest absolute Gasteiger partial charge is 0.437 e. The summed E-state index contributed by atoms with van der Waals surface area (Å²) in [4.78, 5) is 14.9. The molecule has 0 atom stereocenters. The first kappa shape index (κ1) is 14.7. The van der Waals surface area contributed by atoms with E-state index in [-0.39, 0.29) is 0 Å². The molecular formula is C14H13ClN2O2S. The van der Waals surface area contributed by atoms with Crippen LogP contribution in [0.4, 0.5) is 5.69 Å². The first-order valence-electron chi connectivity index (χ1n) is 5.83. The third-order valence-corrected chi connectivity index (χ3v) is 3.33. The predicted octanol–water partition coefficient (Wildman–Crippen LogP) is 4.34. The van der Waals surface area contributed by atoms with Gasteiger partial charge in [-0.1, -0.05) is 23.5 Å². The van der Waals surface area contributed by atoms with Gasteiger partial charge in [-0.3, -0.25) is 4.79 Å². The van der Waals surface area contributed by atoms with Gasteiger partial charge >= 0.3 is 0 Å². The van der Waals surface area contributed by atoms with Crippen LogP contribution in [0.1, 0.15) is 16.1 Å². The number of carbonyl (C=O) groups is 1. The second kappa shape index (κ2) is 6.63. The van der Waals surface area contributed by atoms with Crippen molar-refractivity contribution >= 4 is 35.5 Å². The molecule has 6 heteroatoms. The maximum atomic E-state index is 10.7. The molecule has 0 aliphatic heterocycles. The van der Waals surface area contributed by atoms with Crippen molar-refractivity contribution in [3.8, 4) is 11.6 Å². The Hall–Kier alpha value is -1.72. The number of hydrogen-bond donors (Lipinski definition) is 1. The molecule has 1 aromatic heterocycles. The maximum absolute atomic E-state index is 10.7. The number of hydrogen-bond acceptors (Lipinski definition) is 5. The van der Waals surface area contributed by atoms with Gasteiger partial charge in [-0.15, -0.1) is 0 Å². The van der Waals surface area contributed by atoms with Crippen molar-refractivity contribution in [2.75, 3.05) is 11.0 Å². The number of pyridine rings is 1. The zero-order valence-corrected chi connectivity index (χ0v) is 12.6. The van der Waals surface area contributed by atoms with Gasteiger partial charge in [0.15, 0.2) is 6.29 Å². The van der Waals surface area contributed by atoms with Gasteiger partial charge in [-0.25, -0.2) is 4.98 Å². The molecule has 2 aromatic rings. The van der Waals surface area contributed by atoms with Crippen LogP contribution in [-0.2, 0) is 0 Å². The van der Waals surface area contributed by atoms with Crippen molar-refractivity contribution in [3.05, 3.63) is 46.6 Å². The van der Waals surface area contributed by atoms with E-state index in [2.05, 4.69) is 9.71 Å². The van der Waals surface area contributed by atoms with Gasteiger partial charge in [0.05, 0.1) is 10.7 Å². The second-order valence-corrected chi connectivity index (χ2v) is 5.01. The fourth-order valence-corrected chi connectivity index (χ4v) is 2.19. The molecule has 20 heavy (non-hydrogen) atoms. The molecule has 0 saturated heterocycles. The van der Waals surface area contributed by atoms with Crippen molar-refractivity contribution in [1.82, 2.24) is 4.98 Å².